The maximum Gasteiger partial charge on any atom is 0.276 e. The summed E-state index contributed by atoms with van der Waals surface area (Å²) in [7, 11) is 0. The molecule has 122 valence electrons. The van der Waals surface area contributed by atoms with Gasteiger partial charge in [0.2, 0.25) is 6.17 Å². The van der Waals surface area contributed by atoms with Crippen LogP contribution in [0.1, 0.15) is 11.9 Å². The number of halogens is 2. The summed E-state index contributed by atoms with van der Waals surface area (Å²) >= 11 is 6.93. The highest BCUT2D eigenvalue weighted by molar-refractivity contribution is 14.1. The lowest BCUT2D eigenvalue weighted by molar-refractivity contribution is -0.116. The van der Waals surface area contributed by atoms with Crippen molar-refractivity contribution in [1.29, 1.82) is 0 Å². The van der Waals surface area contributed by atoms with E-state index in [1.54, 1.807) is 5.01 Å². The number of nitrogens with zero attached hydrogens (tertiary/aromatic N) is 3. The average molecular weight is 517 g/mol. The van der Waals surface area contributed by atoms with Crippen molar-refractivity contribution >= 4 is 67.1 Å². The van der Waals surface area contributed by atoms with Crippen molar-refractivity contribution in [3.8, 4) is 0 Å². The van der Waals surface area contributed by atoms with Crippen molar-refractivity contribution in [3.05, 3.63) is 54.9 Å². The topological polar surface area (TPSA) is 70.2 Å². The van der Waals surface area contributed by atoms with Crippen molar-refractivity contribution in [2.24, 2.45) is 10.1 Å². The number of hydrogen-bond acceptors (Lipinski definition) is 6. The number of amidine groups is 1. The molecule has 0 saturated carbocycles. The van der Waals surface area contributed by atoms with Gasteiger partial charge in [0.15, 0.2) is 14.7 Å². The van der Waals surface area contributed by atoms with Crippen LogP contribution in [0.2, 0.25) is 0 Å². The molecule has 0 bridgehead atoms. The van der Waals surface area contributed by atoms with E-state index in [9.17, 15) is 4.79 Å². The van der Waals surface area contributed by atoms with Crippen LogP contribution < -0.4 is 15.9 Å². The Kier molecular flexibility index (Phi) is 4.17. The molecule has 0 spiro atoms. The maximum absolute atomic E-state index is 12.6. The quantitative estimate of drug-likeness (QED) is 0.590. The van der Waals surface area contributed by atoms with Gasteiger partial charge in [-0.3, -0.25) is 10.1 Å². The van der Waals surface area contributed by atoms with Gasteiger partial charge in [0, 0.05) is 27.8 Å². The molecule has 0 saturated heterocycles. The third-order valence-electron chi connectivity index (χ3n) is 3.63. The van der Waals surface area contributed by atoms with E-state index in [4.69, 9.17) is 9.41 Å². The number of rotatable bonds is 1. The first-order chi connectivity index (χ1) is 11.6. The number of para-hydroxylation sites is 1. The predicted octanol–water partition coefficient (Wildman–Crippen LogP) is 2.15. The second-order valence-corrected chi connectivity index (χ2v) is 7.68. The van der Waals surface area contributed by atoms with Crippen LogP contribution in [0.3, 0.4) is 0 Å². The standard InChI is InChI=1S/C15H10BrIN4O2S/c1-24-15-19-14(22)11-7-4-2-3-5-9(7)18-13(21(11)20-15)10-6-8(16)12(17)23-10/h2-6,13H,1H3,(H,19,20,22)/t13-/m0/s1. The van der Waals surface area contributed by atoms with Gasteiger partial charge < -0.3 is 4.42 Å². The highest BCUT2D eigenvalue weighted by Gasteiger charge is 2.35. The van der Waals surface area contributed by atoms with Crippen LogP contribution in [-0.4, -0.2) is 22.3 Å². The highest BCUT2D eigenvalue weighted by Crippen LogP contribution is 2.34. The summed E-state index contributed by atoms with van der Waals surface area (Å²) in [5.74, 6) is 0.430. The van der Waals surface area contributed by atoms with Gasteiger partial charge >= 0.3 is 0 Å². The molecule has 6 nitrogen and oxygen atoms in total. The monoisotopic (exact) mass is 516 g/mol. The minimum absolute atomic E-state index is 0.193. The lowest BCUT2D eigenvalue weighted by Crippen LogP contribution is -2.50. The molecule has 1 atom stereocenters. The molecule has 2 aliphatic rings. The van der Waals surface area contributed by atoms with Crippen LogP contribution in [0.5, 0.6) is 0 Å². The zero-order chi connectivity index (χ0) is 16.8. The Morgan fingerprint density at radius 3 is 2.92 bits per heavy atom. The lowest BCUT2D eigenvalue weighted by Gasteiger charge is -2.32. The third kappa shape index (κ3) is 2.58. The van der Waals surface area contributed by atoms with E-state index in [-0.39, 0.29) is 5.91 Å². The van der Waals surface area contributed by atoms with Gasteiger partial charge in [0.05, 0.1) is 9.83 Å². The van der Waals surface area contributed by atoms with Gasteiger partial charge in [-0.1, -0.05) is 30.0 Å². The summed E-state index contributed by atoms with van der Waals surface area (Å²) in [4.78, 5) is 17.4. The Morgan fingerprint density at radius 2 is 2.21 bits per heavy atom. The number of amides is 1. The van der Waals surface area contributed by atoms with E-state index in [0.717, 1.165) is 18.8 Å². The van der Waals surface area contributed by atoms with Crippen LogP contribution in [0.25, 0.3) is 5.70 Å². The predicted molar refractivity (Wildman–Crippen MR) is 103 cm³/mol. The molecule has 1 N–H and O–H groups in total. The van der Waals surface area contributed by atoms with Crippen molar-refractivity contribution in [2.45, 2.75) is 6.17 Å². The second-order valence-electron chi connectivity index (χ2n) is 5.05. The van der Waals surface area contributed by atoms with Gasteiger partial charge in [-0.05, 0) is 34.3 Å². The molecule has 4 rings (SSSR count). The molecule has 1 amide bonds. The van der Waals surface area contributed by atoms with Gasteiger partial charge in [0.1, 0.15) is 5.70 Å². The van der Waals surface area contributed by atoms with Crippen LogP contribution in [0.4, 0.5) is 0 Å². The number of nitrogens with one attached hydrogen (secondary N) is 1. The van der Waals surface area contributed by atoms with Crippen molar-refractivity contribution in [3.63, 3.8) is 0 Å². The number of fused-ring (bicyclic) bond motifs is 2. The molecule has 2 aliphatic heterocycles. The smallest absolute Gasteiger partial charge is 0.276 e. The number of hydrogen-bond donors (Lipinski definition) is 1. The molecule has 0 aliphatic carbocycles. The first-order valence-corrected chi connectivity index (χ1v) is 10.0. The number of benzene rings is 1. The van der Waals surface area contributed by atoms with E-state index in [2.05, 4.69) is 48.9 Å². The summed E-state index contributed by atoms with van der Waals surface area (Å²) in [6.45, 7) is 0. The van der Waals surface area contributed by atoms with E-state index in [1.807, 2.05) is 36.6 Å². The second kappa shape index (κ2) is 6.19. The fraction of sp³-hybridized carbons (Fsp3) is 0.133. The summed E-state index contributed by atoms with van der Waals surface area (Å²) in [5, 5.41) is 11.0. The van der Waals surface area contributed by atoms with Crippen LogP contribution in [0, 0.1) is 3.77 Å². The molecule has 24 heavy (non-hydrogen) atoms. The Labute approximate surface area is 163 Å². The largest absolute Gasteiger partial charge is 0.450 e. The summed E-state index contributed by atoms with van der Waals surface area (Å²) in [6.07, 6.45) is 1.34. The lowest BCUT2D eigenvalue weighted by atomic mass is 10.1. The fourth-order valence-corrected chi connectivity index (χ4v) is 3.68. The van der Waals surface area contributed by atoms with Gasteiger partial charge in [-0.25, -0.2) is 10.0 Å². The Bertz CT molecular complexity index is 984. The molecule has 3 heterocycles. The number of thioether (sulfide) groups is 1. The van der Waals surface area contributed by atoms with Crippen LogP contribution in [-0.2, 0) is 4.79 Å². The Balaban J connectivity index is 1.99. The minimum Gasteiger partial charge on any atom is -0.450 e. The van der Waals surface area contributed by atoms with Gasteiger partial charge in [0.25, 0.3) is 5.91 Å². The molecule has 1 aromatic carbocycles. The first kappa shape index (κ1) is 16.2. The molecular weight excluding hydrogens is 507 g/mol. The SMILES string of the molecule is CSC1=NN2C(=c3ccccc3=N[C@@H]2c2cc(Br)c(I)o2)C(=O)N1. The van der Waals surface area contributed by atoms with Gasteiger partial charge in [-0.15, -0.1) is 5.10 Å². The van der Waals surface area contributed by atoms with Crippen molar-refractivity contribution < 1.29 is 9.21 Å². The summed E-state index contributed by atoms with van der Waals surface area (Å²) in [5.41, 5.74) is 0.478. The van der Waals surface area contributed by atoms with Crippen molar-refractivity contribution in [2.75, 3.05) is 6.26 Å². The van der Waals surface area contributed by atoms with E-state index in [0.29, 0.717) is 16.6 Å². The zero-order valence-corrected chi connectivity index (χ0v) is 16.8. The third-order valence-corrected chi connectivity index (χ3v) is 6.33. The molecule has 0 fully saturated rings. The van der Waals surface area contributed by atoms with E-state index >= 15 is 0 Å². The Hall–Kier alpha value is -1.33. The molecule has 2 aromatic rings. The number of carbonyl (C=O) groups is 1. The first-order valence-electron chi connectivity index (χ1n) is 6.93. The van der Waals surface area contributed by atoms with Crippen molar-refractivity contribution in [1.82, 2.24) is 10.3 Å². The minimum atomic E-state index is -0.525. The maximum atomic E-state index is 12.6. The highest BCUT2D eigenvalue weighted by atomic mass is 127. The summed E-state index contributed by atoms with van der Waals surface area (Å²) < 4.78 is 7.39. The number of carbonyl (C=O) groups excluding carboxylic acids is 1. The molecule has 0 radical (unpaired) electrons. The van der Waals surface area contributed by atoms with E-state index in [1.165, 1.54) is 11.8 Å². The normalized spacial score (nSPS) is 19.2. The Morgan fingerprint density at radius 1 is 1.42 bits per heavy atom. The molecule has 1 aromatic heterocycles. The van der Waals surface area contributed by atoms with Crippen LogP contribution >= 0.6 is 50.3 Å². The molecule has 0 unspecified atom stereocenters. The van der Waals surface area contributed by atoms with Gasteiger partial charge in [-0.2, -0.15) is 0 Å². The average Bonchev–Trinajstić information content (AvgIpc) is 2.92. The molecular formula is C15H10BrIN4O2S. The zero-order valence-electron chi connectivity index (χ0n) is 12.3. The van der Waals surface area contributed by atoms with Crippen LogP contribution in [0.15, 0.2) is 49.3 Å². The summed E-state index contributed by atoms with van der Waals surface area (Å²) in [6, 6.07) is 9.40. The number of hydrazone groups is 1. The fourth-order valence-electron chi connectivity index (χ4n) is 2.60. The van der Waals surface area contributed by atoms with E-state index < -0.39 is 6.17 Å². The number of furan rings is 1. The molecule has 9 heteroatoms.